The average Bonchev–Trinajstić information content (AvgIpc) is 3.76. The fourth-order valence-electron chi connectivity index (χ4n) is 3.55. The number of rotatable bonds is 10. The van der Waals surface area contributed by atoms with Crippen LogP contribution >= 0.6 is 24.0 Å². The van der Waals surface area contributed by atoms with Crippen LogP contribution in [0.25, 0.3) is 22.3 Å². The van der Waals surface area contributed by atoms with Crippen LogP contribution in [0.3, 0.4) is 0 Å². The molecule has 280 valence electrons. The molecule has 53 heavy (non-hydrogen) atoms. The molecule has 0 atom stereocenters. The van der Waals surface area contributed by atoms with Gasteiger partial charge in [0.2, 0.25) is 11.8 Å². The molecule has 0 saturated heterocycles. The van der Waals surface area contributed by atoms with Gasteiger partial charge in [0.05, 0.1) is 71.9 Å². The Morgan fingerprint density at radius 3 is 2.06 bits per heavy atom. The van der Waals surface area contributed by atoms with Gasteiger partial charge in [-0.25, -0.2) is 4.98 Å². The number of H-pyrrole nitrogens is 3. The molecule has 0 aliphatic rings. The standard InChI is InChI=1S/C15H15N5O3S.C9H12N2O5S.C7H7N3OS/c1-8-6-16-11(9(2)13(8)20(21)22)7-24-15-17-10-4-5-12(23-3)18-14(10)19-15;1-6-4-10-8(5-16-17(3,14)15)7(2)9(6)11(12)13;1-11-5-3-2-4-6(9-5)10-7(12)8-4/h4-6H,7H2,1-3H3,(H,17,18,19);4H,5H2,1-3H3;2-3H,1H3,(H2,8,9,10,12)/i1D3,2D3,3D3,6D,7D2;1D3,2D3,4D,5D2;1D3. The van der Waals surface area contributed by atoms with Gasteiger partial charge in [0.25, 0.3) is 21.5 Å². The van der Waals surface area contributed by atoms with Crippen molar-refractivity contribution in [1.82, 2.24) is 39.9 Å². The summed E-state index contributed by atoms with van der Waals surface area (Å²) >= 11 is 5.10. The normalized spacial score (nSPS) is 19.6. The zero-order valence-corrected chi connectivity index (χ0v) is 28.3. The molecule has 0 spiro atoms. The van der Waals surface area contributed by atoms with Crippen LogP contribution in [0.5, 0.6) is 11.8 Å². The van der Waals surface area contributed by atoms with Crippen LogP contribution in [-0.2, 0) is 26.6 Å². The van der Waals surface area contributed by atoms with Gasteiger partial charge in [-0.2, -0.15) is 18.4 Å². The lowest BCUT2D eigenvalue weighted by Gasteiger charge is -2.06. The summed E-state index contributed by atoms with van der Waals surface area (Å²) < 4.78 is 216. The van der Waals surface area contributed by atoms with E-state index in [4.69, 9.17) is 45.1 Å². The third-order valence-corrected chi connectivity index (χ3v) is 7.01. The van der Waals surface area contributed by atoms with Crippen LogP contribution in [0.1, 0.15) is 66.5 Å². The molecule has 3 N–H and O–H groups in total. The number of ether oxygens (including phenoxy) is 2. The first-order valence-electron chi connectivity index (χ1n) is 25.3. The highest BCUT2D eigenvalue weighted by Crippen LogP contribution is 2.29. The molecule has 0 amide bonds. The Morgan fingerprint density at radius 2 is 1.47 bits per heavy atom. The molecule has 6 aromatic rings. The number of aromatic nitrogens is 8. The molecule has 0 bridgehead atoms. The zero-order chi connectivity index (χ0) is 59.4. The van der Waals surface area contributed by atoms with Crippen molar-refractivity contribution in [3.05, 3.63) is 95.3 Å². The molecule has 6 rings (SSSR count). The van der Waals surface area contributed by atoms with Crippen LogP contribution in [0.4, 0.5) is 11.4 Å². The Bertz CT molecular complexity index is 3410. The third-order valence-electron chi connectivity index (χ3n) is 5.74. The molecule has 0 aromatic carbocycles. The maximum atomic E-state index is 11.8. The van der Waals surface area contributed by atoms with Crippen molar-refractivity contribution in [1.29, 1.82) is 0 Å². The van der Waals surface area contributed by atoms with Gasteiger partial charge in [-0.3, -0.25) is 34.4 Å². The second-order valence-corrected chi connectivity index (χ2v) is 12.1. The van der Waals surface area contributed by atoms with E-state index in [1.807, 2.05) is 0 Å². The maximum Gasteiger partial charge on any atom is 0.278 e. The molecule has 0 unspecified atom stereocenters. The third kappa shape index (κ3) is 10.5. The van der Waals surface area contributed by atoms with Crippen molar-refractivity contribution in [2.45, 2.75) is 44.8 Å². The molecule has 6 aromatic heterocycles. The number of methoxy groups -OCH3 is 2. The van der Waals surface area contributed by atoms with Gasteiger partial charge in [0, 0.05) is 66.1 Å². The lowest BCUT2D eigenvalue weighted by molar-refractivity contribution is -0.386. The molecule has 19 nitrogen and oxygen atoms in total. The predicted octanol–water partition coefficient (Wildman–Crippen LogP) is 5.89. The average molecular weight is 811 g/mol. The minimum atomic E-state index is -4.52. The number of thioether (sulfide) groups is 1. The second kappa shape index (κ2) is 17.3. The van der Waals surface area contributed by atoms with E-state index in [9.17, 15) is 28.6 Å². The number of hydrogen-bond donors (Lipinski definition) is 3. The SMILES string of the molecule is [2H]C([2H])([2H])Oc1ccc2[nH]c(=S)[nH]c2n1.[2H]c1nc(C([2H])([2H])OS(C)(=O)=O)c(C([2H])([2H])[2H])c([N+](=O)[O-])c1C([2H])([2H])[2H].[2H]c1nc(C([2H])([2H])Sc2nc3nc(OC([2H])([2H])[2H])ccc3[nH]2)c(C([2H])([2H])[2H])c([N+](=O)[O-])c1C([2H])([2H])[2H]. The first-order chi connectivity index (χ1) is 34.4. The molecular formula is C31H34N10O9S3. The molecule has 22 heteroatoms. The van der Waals surface area contributed by atoms with Gasteiger partial charge >= 0.3 is 0 Å². The van der Waals surface area contributed by atoms with Crippen LogP contribution in [0.15, 0.2) is 41.8 Å². The highest BCUT2D eigenvalue weighted by molar-refractivity contribution is 7.98. The van der Waals surface area contributed by atoms with Crippen molar-refractivity contribution in [2.24, 2.45) is 0 Å². The van der Waals surface area contributed by atoms with Crippen molar-refractivity contribution >= 4 is 67.8 Å². The highest BCUT2D eigenvalue weighted by atomic mass is 32.2. The number of nitrogens with one attached hydrogen (secondary N) is 3. The molecule has 0 aliphatic heterocycles. The number of fused-ring (bicyclic) bond motifs is 2. The molecule has 0 radical (unpaired) electrons. The summed E-state index contributed by atoms with van der Waals surface area (Å²) in [4.78, 5) is 47.3. The van der Waals surface area contributed by atoms with Crippen molar-refractivity contribution < 1.29 is 64.8 Å². The highest BCUT2D eigenvalue weighted by Gasteiger charge is 2.20. The monoisotopic (exact) mass is 810 g/mol. The molecule has 0 saturated carbocycles. The topological polar surface area (TPSA) is 260 Å². The van der Waals surface area contributed by atoms with E-state index in [-0.39, 0.29) is 39.8 Å². The van der Waals surface area contributed by atoms with Gasteiger partial charge in [0.15, 0.2) is 21.2 Å². The first kappa shape index (κ1) is 18.4. The Morgan fingerprint density at radius 1 is 0.868 bits per heavy atom. The quantitative estimate of drug-likeness (QED) is 0.0479. The summed E-state index contributed by atoms with van der Waals surface area (Å²) in [5.74, 6) is -0.262. The number of nitrogens with zero attached hydrogens (tertiary/aromatic N) is 7. The Labute approximate surface area is 345 Å². The maximum absolute atomic E-state index is 11.8. The Hall–Kier alpha value is -5.58. The summed E-state index contributed by atoms with van der Waals surface area (Å²) in [6.45, 7) is -16.9. The van der Waals surface area contributed by atoms with E-state index in [0.717, 1.165) is 0 Å². The van der Waals surface area contributed by atoms with E-state index < -0.39 is 131 Å². The zero-order valence-electron chi connectivity index (χ0n) is 49.8. The fourth-order valence-corrected chi connectivity index (χ4v) is 4.63. The number of nitro groups is 2. The van der Waals surface area contributed by atoms with Crippen molar-refractivity contribution in [3.8, 4) is 11.8 Å². The van der Waals surface area contributed by atoms with E-state index in [0.29, 0.717) is 22.2 Å². The molecule has 6 heterocycles. The van der Waals surface area contributed by atoms with Crippen LogP contribution in [0, 0.1) is 52.4 Å². The van der Waals surface area contributed by atoms with Gasteiger partial charge < -0.3 is 24.4 Å². The molecule has 0 fully saturated rings. The first-order valence-corrected chi connectivity index (χ1v) is 16.3. The molecular weight excluding hydrogens is 753 g/mol. The van der Waals surface area contributed by atoms with Crippen LogP contribution in [0.2, 0.25) is 0 Å². The van der Waals surface area contributed by atoms with E-state index in [1.165, 1.54) is 18.2 Å². The predicted molar refractivity (Wildman–Crippen MR) is 198 cm³/mol. The Kier molecular flexibility index (Phi) is 6.02. The van der Waals surface area contributed by atoms with Crippen LogP contribution < -0.4 is 9.47 Å². The minimum Gasteiger partial charge on any atom is -0.481 e. The van der Waals surface area contributed by atoms with E-state index in [2.05, 4.69) is 53.5 Å². The summed E-state index contributed by atoms with van der Waals surface area (Å²) in [6.07, 6.45) is -2.04. The van der Waals surface area contributed by atoms with Gasteiger partial charge in [-0.05, 0) is 51.8 Å². The van der Waals surface area contributed by atoms with Crippen molar-refractivity contribution in [3.63, 3.8) is 0 Å². The van der Waals surface area contributed by atoms with Gasteiger partial charge in [-0.1, -0.05) is 11.8 Å². The lowest BCUT2D eigenvalue weighted by Crippen LogP contribution is -2.07. The lowest BCUT2D eigenvalue weighted by atomic mass is 10.1. The number of aromatic amines is 3. The minimum absolute atomic E-state index is 0.0350. The summed E-state index contributed by atoms with van der Waals surface area (Å²) in [6, 6.07) is 5.68. The summed E-state index contributed by atoms with van der Waals surface area (Å²) in [5.41, 5.74) is -12.2. The number of pyridine rings is 4. The molecule has 0 aliphatic carbocycles. The van der Waals surface area contributed by atoms with Gasteiger partial charge in [-0.15, -0.1) is 0 Å². The smallest absolute Gasteiger partial charge is 0.278 e. The second-order valence-electron chi connectivity index (χ2n) is 9.34. The number of hydrogen-bond acceptors (Lipinski definition) is 16. The largest absolute Gasteiger partial charge is 0.481 e. The number of imidazole rings is 2. The van der Waals surface area contributed by atoms with E-state index >= 15 is 0 Å². The van der Waals surface area contributed by atoms with Crippen LogP contribution in [-0.4, -0.2) is 78.5 Å². The van der Waals surface area contributed by atoms with E-state index in [1.54, 1.807) is 6.07 Å². The summed E-state index contributed by atoms with van der Waals surface area (Å²) in [5, 5.41) is 22.9. The Balaban J connectivity index is 0.000000271. The summed E-state index contributed by atoms with van der Waals surface area (Å²) in [7, 11) is -9.79. The van der Waals surface area contributed by atoms with Gasteiger partial charge in [0.1, 0.15) is 6.56 Å². The fraction of sp³-hybridized carbons (Fsp3) is 0.290. The van der Waals surface area contributed by atoms with Crippen molar-refractivity contribution in [2.75, 3.05) is 20.3 Å².